The number of thioether (sulfide) groups is 1. The molecule has 3 aliphatic rings. The highest BCUT2D eigenvalue weighted by Gasteiger charge is 2.49. The van der Waals surface area contributed by atoms with Crippen LogP contribution in [-0.2, 0) is 19.0 Å². The molecule has 3 heterocycles. The second kappa shape index (κ2) is 8.91. The summed E-state index contributed by atoms with van der Waals surface area (Å²) in [7, 11) is 0. The zero-order valence-corrected chi connectivity index (χ0v) is 16.1. The average Bonchev–Trinajstić information content (AvgIpc) is 3.02. The van der Waals surface area contributed by atoms with Crippen LogP contribution < -0.4 is 5.32 Å². The van der Waals surface area contributed by atoms with Gasteiger partial charge in [-0.2, -0.15) is 0 Å². The molecule has 5 atom stereocenters. The van der Waals surface area contributed by atoms with E-state index in [2.05, 4.69) is 12.2 Å². The Hall–Kier alpha value is -0.830. The predicted molar refractivity (Wildman–Crippen MR) is 96.8 cm³/mol. The van der Waals surface area contributed by atoms with E-state index in [1.165, 1.54) is 0 Å². The number of ether oxygens (including phenoxy) is 3. The number of carbonyl (C=O) groups is 2. The predicted octanol–water partition coefficient (Wildman–Crippen LogP) is 2.21. The molecule has 0 radical (unpaired) electrons. The van der Waals surface area contributed by atoms with Crippen molar-refractivity contribution in [2.75, 3.05) is 19.0 Å². The van der Waals surface area contributed by atoms with Crippen molar-refractivity contribution >= 4 is 23.0 Å². The molecular weight excluding hydrogens is 358 g/mol. The van der Waals surface area contributed by atoms with Gasteiger partial charge in [0, 0.05) is 38.2 Å². The lowest BCUT2D eigenvalue weighted by Gasteiger charge is -2.43. The number of hydrogen-bond acceptors (Lipinski definition) is 7. The molecule has 0 spiro atoms. The normalized spacial score (nSPS) is 40.4. The van der Waals surface area contributed by atoms with Gasteiger partial charge in [-0.1, -0.05) is 18.7 Å². The zero-order valence-electron chi connectivity index (χ0n) is 15.3. The lowest BCUT2D eigenvalue weighted by atomic mass is 9.90. The van der Waals surface area contributed by atoms with E-state index >= 15 is 0 Å². The summed E-state index contributed by atoms with van der Waals surface area (Å²) < 4.78 is 17.3. The van der Waals surface area contributed by atoms with E-state index in [4.69, 9.17) is 14.2 Å². The largest absolute Gasteiger partial charge is 0.462 e. The molecule has 0 aliphatic carbocycles. The number of amides is 1. The van der Waals surface area contributed by atoms with Gasteiger partial charge < -0.3 is 24.6 Å². The summed E-state index contributed by atoms with van der Waals surface area (Å²) in [6.07, 6.45) is 3.78. The summed E-state index contributed by atoms with van der Waals surface area (Å²) in [5.74, 6) is -0.885. The standard InChI is InChI=1S/C18H29NO6S/c1-12-5-6-13-8-14(24-16(20)4-2-3-7-23-10-12)9-18(22,25-13)15-11-26-17(21)19-15/h12-15,22H,2-11H2,1H3,(H,19,21)/t12-,13?,14+,15-,18+/m0/s1. The molecule has 3 fully saturated rings. The number of rotatable bonds is 1. The van der Waals surface area contributed by atoms with Gasteiger partial charge in [-0.3, -0.25) is 9.59 Å². The van der Waals surface area contributed by atoms with Crippen LogP contribution in [-0.4, -0.2) is 59.3 Å². The number of hydrogen-bond donors (Lipinski definition) is 2. The smallest absolute Gasteiger partial charge is 0.306 e. The monoisotopic (exact) mass is 387 g/mol. The highest BCUT2D eigenvalue weighted by molar-refractivity contribution is 8.14. The fourth-order valence-corrected chi connectivity index (χ4v) is 4.65. The highest BCUT2D eigenvalue weighted by Crippen LogP contribution is 2.37. The molecule has 8 heteroatoms. The molecule has 2 N–H and O–H groups in total. The minimum Gasteiger partial charge on any atom is -0.462 e. The Bertz CT molecular complexity index is 518. The summed E-state index contributed by atoms with van der Waals surface area (Å²) in [6.45, 7) is 3.51. The van der Waals surface area contributed by atoms with Crippen LogP contribution in [0.1, 0.15) is 51.9 Å². The van der Waals surface area contributed by atoms with Gasteiger partial charge in [0.2, 0.25) is 0 Å². The van der Waals surface area contributed by atoms with Crippen LogP contribution in [0.5, 0.6) is 0 Å². The summed E-state index contributed by atoms with van der Waals surface area (Å²) in [5.41, 5.74) is 0. The van der Waals surface area contributed by atoms with Gasteiger partial charge in [0.15, 0.2) is 5.79 Å². The number of aliphatic hydroxyl groups is 1. The van der Waals surface area contributed by atoms with Gasteiger partial charge in [-0.05, 0) is 31.6 Å². The first-order valence-corrected chi connectivity index (χ1v) is 10.5. The molecule has 3 saturated heterocycles. The van der Waals surface area contributed by atoms with Crippen LogP contribution in [0.15, 0.2) is 0 Å². The molecule has 0 aromatic heterocycles. The maximum Gasteiger partial charge on any atom is 0.306 e. The van der Waals surface area contributed by atoms with Gasteiger partial charge in [0.1, 0.15) is 6.10 Å². The molecular formula is C18H29NO6S. The van der Waals surface area contributed by atoms with E-state index in [1.54, 1.807) is 0 Å². The average molecular weight is 387 g/mol. The fraction of sp³-hybridized carbons (Fsp3) is 0.889. The summed E-state index contributed by atoms with van der Waals surface area (Å²) in [5, 5.41) is 13.7. The zero-order chi connectivity index (χ0) is 18.6. The Balaban J connectivity index is 1.70. The molecule has 1 unspecified atom stereocenters. The molecule has 2 bridgehead atoms. The number of esters is 1. The van der Waals surface area contributed by atoms with Crippen LogP contribution in [0.3, 0.4) is 0 Å². The highest BCUT2D eigenvalue weighted by atomic mass is 32.2. The SMILES string of the molecule is C[C@H]1CCC2C[C@H](C[C@](O)([C@@H]3CSC(=O)N3)O2)OC(=O)CCCCOC1. The van der Waals surface area contributed by atoms with Crippen molar-refractivity contribution in [2.24, 2.45) is 5.92 Å². The Morgan fingerprint density at radius 2 is 2.08 bits per heavy atom. The van der Waals surface area contributed by atoms with Crippen LogP contribution in [0.25, 0.3) is 0 Å². The van der Waals surface area contributed by atoms with Crippen molar-refractivity contribution in [2.45, 2.75) is 75.9 Å². The van der Waals surface area contributed by atoms with Gasteiger partial charge in [-0.25, -0.2) is 0 Å². The summed E-state index contributed by atoms with van der Waals surface area (Å²) in [6, 6.07) is -0.483. The maximum absolute atomic E-state index is 12.1. The Morgan fingerprint density at radius 3 is 2.85 bits per heavy atom. The van der Waals surface area contributed by atoms with E-state index in [1.807, 2.05) is 0 Å². The lowest BCUT2D eigenvalue weighted by molar-refractivity contribution is -0.284. The van der Waals surface area contributed by atoms with Crippen molar-refractivity contribution in [3.8, 4) is 0 Å². The van der Waals surface area contributed by atoms with Gasteiger partial charge >= 0.3 is 5.97 Å². The van der Waals surface area contributed by atoms with Crippen LogP contribution >= 0.6 is 11.8 Å². The van der Waals surface area contributed by atoms with E-state index in [0.29, 0.717) is 37.7 Å². The topological polar surface area (TPSA) is 94.1 Å². The molecule has 0 saturated carbocycles. The van der Waals surface area contributed by atoms with Crippen molar-refractivity contribution < 1.29 is 28.9 Å². The lowest BCUT2D eigenvalue weighted by Crippen LogP contribution is -2.58. The van der Waals surface area contributed by atoms with Crippen molar-refractivity contribution in [1.29, 1.82) is 0 Å². The van der Waals surface area contributed by atoms with E-state index < -0.39 is 11.8 Å². The van der Waals surface area contributed by atoms with Crippen molar-refractivity contribution in [3.63, 3.8) is 0 Å². The minimum absolute atomic E-state index is 0.157. The van der Waals surface area contributed by atoms with Crippen LogP contribution in [0.4, 0.5) is 4.79 Å². The first-order valence-electron chi connectivity index (χ1n) is 9.55. The first-order chi connectivity index (χ1) is 12.4. The summed E-state index contributed by atoms with van der Waals surface area (Å²) >= 11 is 1.14. The first kappa shape index (κ1) is 19.9. The molecule has 0 aromatic carbocycles. The van der Waals surface area contributed by atoms with E-state index in [9.17, 15) is 14.7 Å². The minimum atomic E-state index is -1.50. The van der Waals surface area contributed by atoms with Crippen molar-refractivity contribution in [3.05, 3.63) is 0 Å². The van der Waals surface area contributed by atoms with E-state index in [-0.39, 0.29) is 29.8 Å². The molecule has 7 nitrogen and oxygen atoms in total. The molecule has 0 aromatic rings. The van der Waals surface area contributed by atoms with Crippen molar-refractivity contribution in [1.82, 2.24) is 5.32 Å². The maximum atomic E-state index is 12.1. The third-order valence-corrected chi connectivity index (χ3v) is 6.12. The Morgan fingerprint density at radius 1 is 1.23 bits per heavy atom. The Kier molecular flexibility index (Phi) is 6.82. The number of nitrogens with one attached hydrogen (secondary N) is 1. The molecule has 26 heavy (non-hydrogen) atoms. The molecule has 3 rings (SSSR count). The van der Waals surface area contributed by atoms with Crippen LogP contribution in [0.2, 0.25) is 0 Å². The number of carbonyl (C=O) groups excluding carboxylic acids is 2. The quantitative estimate of drug-likeness (QED) is 0.666. The fourth-order valence-electron chi connectivity index (χ4n) is 3.76. The summed E-state index contributed by atoms with van der Waals surface area (Å²) in [4.78, 5) is 23.7. The Labute approximate surface area is 158 Å². The van der Waals surface area contributed by atoms with Gasteiger partial charge in [0.05, 0.1) is 12.1 Å². The third kappa shape index (κ3) is 5.34. The molecule has 1 amide bonds. The number of fused-ring (bicyclic) bond motifs is 2. The molecule has 148 valence electrons. The second-order valence-electron chi connectivity index (χ2n) is 7.65. The molecule has 3 aliphatic heterocycles. The van der Waals surface area contributed by atoms with Crippen LogP contribution in [0, 0.1) is 5.92 Å². The second-order valence-corrected chi connectivity index (χ2v) is 8.64. The third-order valence-electron chi connectivity index (χ3n) is 5.24. The van der Waals surface area contributed by atoms with Gasteiger partial charge in [0.25, 0.3) is 5.24 Å². The van der Waals surface area contributed by atoms with E-state index in [0.717, 1.165) is 37.4 Å². The van der Waals surface area contributed by atoms with Gasteiger partial charge in [-0.15, -0.1) is 0 Å².